The summed E-state index contributed by atoms with van der Waals surface area (Å²) in [6.45, 7) is 4.95. The number of hydrogen-bond acceptors (Lipinski definition) is 3. The molecule has 0 aromatic rings. The van der Waals surface area contributed by atoms with Crippen LogP contribution in [0.4, 0.5) is 0 Å². The van der Waals surface area contributed by atoms with Gasteiger partial charge < -0.3 is 10.5 Å². The van der Waals surface area contributed by atoms with E-state index in [1.807, 2.05) is 0 Å². The fourth-order valence-electron chi connectivity index (χ4n) is 1.64. The van der Waals surface area contributed by atoms with Crippen LogP contribution in [0.5, 0.6) is 0 Å². The molecular formula is C10H21ClN2O2. The standard InChI is InChI=1S/C10H20N2O2.ClH/c11-10(13)4-2-1-3-5-12-6-8-14-9-7-12;/h1-9H2,(H2,11,13);1H. The average molecular weight is 237 g/mol. The van der Waals surface area contributed by atoms with E-state index in [-0.39, 0.29) is 18.3 Å². The van der Waals surface area contributed by atoms with Crippen LogP contribution in [0.15, 0.2) is 0 Å². The van der Waals surface area contributed by atoms with Crippen LogP contribution in [0.25, 0.3) is 0 Å². The topological polar surface area (TPSA) is 55.6 Å². The first-order chi connectivity index (χ1) is 6.79. The maximum atomic E-state index is 10.5. The van der Waals surface area contributed by atoms with Crippen molar-refractivity contribution in [2.24, 2.45) is 5.73 Å². The molecule has 0 unspecified atom stereocenters. The van der Waals surface area contributed by atoms with Crippen LogP contribution in [0, 0.1) is 0 Å². The molecule has 1 aliphatic heterocycles. The van der Waals surface area contributed by atoms with E-state index in [1.54, 1.807) is 0 Å². The van der Waals surface area contributed by atoms with Crippen LogP contribution in [0.3, 0.4) is 0 Å². The summed E-state index contributed by atoms with van der Waals surface area (Å²) in [5.41, 5.74) is 5.05. The molecule has 0 radical (unpaired) electrons. The molecule has 1 fully saturated rings. The van der Waals surface area contributed by atoms with E-state index in [9.17, 15) is 4.79 Å². The second-order valence-corrected chi connectivity index (χ2v) is 3.73. The quantitative estimate of drug-likeness (QED) is 0.694. The van der Waals surface area contributed by atoms with Gasteiger partial charge in [0.25, 0.3) is 0 Å². The Morgan fingerprint density at radius 2 is 1.87 bits per heavy atom. The minimum Gasteiger partial charge on any atom is -0.379 e. The zero-order valence-corrected chi connectivity index (χ0v) is 9.93. The molecule has 0 atom stereocenters. The molecule has 1 saturated heterocycles. The lowest BCUT2D eigenvalue weighted by atomic mass is 10.2. The summed E-state index contributed by atoms with van der Waals surface area (Å²) in [4.78, 5) is 12.9. The number of ether oxygens (including phenoxy) is 1. The molecule has 0 saturated carbocycles. The number of amides is 1. The summed E-state index contributed by atoms with van der Waals surface area (Å²) >= 11 is 0. The monoisotopic (exact) mass is 236 g/mol. The predicted molar refractivity (Wildman–Crippen MR) is 62.2 cm³/mol. The highest BCUT2D eigenvalue weighted by atomic mass is 35.5. The zero-order chi connectivity index (χ0) is 10.2. The van der Waals surface area contributed by atoms with Gasteiger partial charge in [0.1, 0.15) is 0 Å². The molecule has 0 bridgehead atoms. The zero-order valence-electron chi connectivity index (χ0n) is 9.11. The molecule has 0 aliphatic carbocycles. The van der Waals surface area contributed by atoms with Crippen molar-refractivity contribution in [2.45, 2.75) is 25.7 Å². The summed E-state index contributed by atoms with van der Waals surface area (Å²) in [5.74, 6) is -0.184. The molecule has 1 aliphatic rings. The Balaban J connectivity index is 0.00000196. The van der Waals surface area contributed by atoms with Crippen LogP contribution < -0.4 is 5.73 Å². The smallest absolute Gasteiger partial charge is 0.217 e. The third-order valence-electron chi connectivity index (χ3n) is 2.50. The summed E-state index contributed by atoms with van der Waals surface area (Å²) in [6, 6.07) is 0. The molecule has 4 nitrogen and oxygen atoms in total. The van der Waals surface area contributed by atoms with Gasteiger partial charge in [-0.3, -0.25) is 9.69 Å². The first kappa shape index (κ1) is 14.7. The number of nitrogens with two attached hydrogens (primary N) is 1. The van der Waals surface area contributed by atoms with Gasteiger partial charge in [0.05, 0.1) is 13.2 Å². The highest BCUT2D eigenvalue weighted by Crippen LogP contribution is 2.03. The summed E-state index contributed by atoms with van der Waals surface area (Å²) in [6.07, 6.45) is 3.72. The molecule has 1 rings (SSSR count). The van der Waals surface area contributed by atoms with Crippen molar-refractivity contribution in [2.75, 3.05) is 32.8 Å². The number of nitrogens with zero attached hydrogens (tertiary/aromatic N) is 1. The molecular weight excluding hydrogens is 216 g/mol. The lowest BCUT2D eigenvalue weighted by molar-refractivity contribution is -0.118. The SMILES string of the molecule is Cl.NC(=O)CCCCCN1CCOCC1. The van der Waals surface area contributed by atoms with Crippen molar-refractivity contribution in [3.8, 4) is 0 Å². The maximum absolute atomic E-state index is 10.5. The molecule has 15 heavy (non-hydrogen) atoms. The van der Waals surface area contributed by atoms with E-state index < -0.39 is 0 Å². The number of rotatable bonds is 6. The molecule has 1 heterocycles. The van der Waals surface area contributed by atoms with E-state index in [1.165, 1.54) is 0 Å². The molecule has 2 N–H and O–H groups in total. The average Bonchev–Trinajstić information content (AvgIpc) is 2.18. The summed E-state index contributed by atoms with van der Waals surface area (Å²) < 4.78 is 5.26. The fourth-order valence-corrected chi connectivity index (χ4v) is 1.64. The molecule has 90 valence electrons. The number of carbonyl (C=O) groups excluding carboxylic acids is 1. The Kier molecular flexibility index (Phi) is 8.76. The minimum atomic E-state index is -0.184. The van der Waals surface area contributed by atoms with Crippen molar-refractivity contribution >= 4 is 18.3 Å². The van der Waals surface area contributed by atoms with Gasteiger partial charge in [0.2, 0.25) is 5.91 Å². The normalized spacial score (nSPS) is 17.1. The number of morpholine rings is 1. The van der Waals surface area contributed by atoms with Crippen LogP contribution in [-0.4, -0.2) is 43.7 Å². The van der Waals surface area contributed by atoms with Crippen LogP contribution >= 0.6 is 12.4 Å². The van der Waals surface area contributed by atoms with Crippen LogP contribution in [0.2, 0.25) is 0 Å². The molecule has 1 amide bonds. The third-order valence-corrected chi connectivity index (χ3v) is 2.50. The predicted octanol–water partition coefficient (Wildman–Crippen LogP) is 0.786. The van der Waals surface area contributed by atoms with E-state index >= 15 is 0 Å². The van der Waals surface area contributed by atoms with Gasteiger partial charge in [-0.05, 0) is 19.4 Å². The maximum Gasteiger partial charge on any atom is 0.217 e. The first-order valence-electron chi connectivity index (χ1n) is 5.37. The Hall–Kier alpha value is -0.320. The van der Waals surface area contributed by atoms with Gasteiger partial charge in [-0.25, -0.2) is 0 Å². The first-order valence-corrected chi connectivity index (χ1v) is 5.37. The lowest BCUT2D eigenvalue weighted by Crippen LogP contribution is -2.36. The third kappa shape index (κ3) is 7.59. The minimum absolute atomic E-state index is 0. The molecule has 5 heteroatoms. The Morgan fingerprint density at radius 1 is 1.20 bits per heavy atom. The van der Waals surface area contributed by atoms with Crippen LogP contribution in [0.1, 0.15) is 25.7 Å². The largest absolute Gasteiger partial charge is 0.379 e. The number of carbonyl (C=O) groups is 1. The van der Waals surface area contributed by atoms with E-state index in [2.05, 4.69) is 4.90 Å². The number of hydrogen-bond donors (Lipinski definition) is 1. The van der Waals surface area contributed by atoms with Gasteiger partial charge in [-0.1, -0.05) is 6.42 Å². The van der Waals surface area contributed by atoms with Crippen molar-refractivity contribution in [1.29, 1.82) is 0 Å². The summed E-state index contributed by atoms with van der Waals surface area (Å²) in [7, 11) is 0. The van der Waals surface area contributed by atoms with Gasteiger partial charge in [0.15, 0.2) is 0 Å². The molecule has 0 aromatic carbocycles. The van der Waals surface area contributed by atoms with Crippen molar-refractivity contribution in [1.82, 2.24) is 4.90 Å². The van der Waals surface area contributed by atoms with Gasteiger partial charge in [-0.15, -0.1) is 12.4 Å². The number of unbranched alkanes of at least 4 members (excludes halogenated alkanes) is 2. The van der Waals surface area contributed by atoms with E-state index in [0.717, 1.165) is 52.1 Å². The fraction of sp³-hybridized carbons (Fsp3) is 0.900. The molecule has 0 spiro atoms. The van der Waals surface area contributed by atoms with Gasteiger partial charge in [-0.2, -0.15) is 0 Å². The van der Waals surface area contributed by atoms with Crippen molar-refractivity contribution in [3.05, 3.63) is 0 Å². The van der Waals surface area contributed by atoms with Crippen molar-refractivity contribution in [3.63, 3.8) is 0 Å². The van der Waals surface area contributed by atoms with E-state index in [0.29, 0.717) is 6.42 Å². The highest BCUT2D eigenvalue weighted by Gasteiger charge is 2.08. The number of halogens is 1. The Morgan fingerprint density at radius 3 is 2.47 bits per heavy atom. The van der Waals surface area contributed by atoms with E-state index in [4.69, 9.17) is 10.5 Å². The molecule has 0 aromatic heterocycles. The summed E-state index contributed by atoms with van der Waals surface area (Å²) in [5, 5.41) is 0. The van der Waals surface area contributed by atoms with Gasteiger partial charge in [0, 0.05) is 19.5 Å². The highest BCUT2D eigenvalue weighted by molar-refractivity contribution is 5.85. The lowest BCUT2D eigenvalue weighted by Gasteiger charge is -2.26. The Labute approximate surface area is 97.5 Å². The number of primary amides is 1. The van der Waals surface area contributed by atoms with Crippen LogP contribution in [-0.2, 0) is 9.53 Å². The second kappa shape index (κ2) is 8.95. The Bertz CT molecular complexity index is 173. The van der Waals surface area contributed by atoms with Gasteiger partial charge >= 0.3 is 0 Å². The second-order valence-electron chi connectivity index (χ2n) is 3.73. The van der Waals surface area contributed by atoms with Crippen molar-refractivity contribution < 1.29 is 9.53 Å².